The topological polar surface area (TPSA) is 84.7 Å². The van der Waals surface area contributed by atoms with Crippen molar-refractivity contribution in [1.29, 1.82) is 0 Å². The highest BCUT2D eigenvalue weighted by atomic mass is 16.6. The monoisotopic (exact) mass is 345 g/mol. The van der Waals surface area contributed by atoms with Gasteiger partial charge < -0.3 is 18.9 Å². The van der Waals surface area contributed by atoms with E-state index in [0.717, 1.165) is 11.3 Å². The van der Waals surface area contributed by atoms with E-state index in [1.54, 1.807) is 4.68 Å². The number of carbonyl (C=O) groups excluding carboxylic acids is 1. The van der Waals surface area contributed by atoms with Gasteiger partial charge in [0.1, 0.15) is 36.7 Å². The Kier molecular flexibility index (Phi) is 4.48. The first kappa shape index (κ1) is 16.2. The molecule has 1 aromatic heterocycles. The molecule has 2 aliphatic heterocycles. The fourth-order valence-electron chi connectivity index (χ4n) is 3.23. The number of carbonyl (C=O) groups is 1. The zero-order valence-corrected chi connectivity index (χ0v) is 13.8. The van der Waals surface area contributed by atoms with Gasteiger partial charge in [-0.15, -0.1) is 5.10 Å². The maximum absolute atomic E-state index is 11.2. The number of hydrogen-bond acceptors (Lipinski definition) is 7. The Morgan fingerprint density at radius 1 is 1.24 bits per heavy atom. The van der Waals surface area contributed by atoms with E-state index in [1.807, 2.05) is 36.5 Å². The Hall–Kier alpha value is -2.29. The van der Waals surface area contributed by atoms with Crippen molar-refractivity contribution in [1.82, 2.24) is 15.0 Å². The Bertz CT molecular complexity index is 735. The molecule has 2 fully saturated rings. The van der Waals surface area contributed by atoms with Crippen LogP contribution in [-0.2, 0) is 23.7 Å². The van der Waals surface area contributed by atoms with Crippen molar-refractivity contribution in [3.05, 3.63) is 36.5 Å². The molecule has 0 aliphatic carbocycles. The summed E-state index contributed by atoms with van der Waals surface area (Å²) in [6.07, 6.45) is 1.22. The zero-order valence-electron chi connectivity index (χ0n) is 13.8. The number of ether oxygens (including phenoxy) is 4. The predicted molar refractivity (Wildman–Crippen MR) is 85.7 cm³/mol. The van der Waals surface area contributed by atoms with Crippen molar-refractivity contribution in [3.63, 3.8) is 0 Å². The minimum atomic E-state index is -0.415. The van der Waals surface area contributed by atoms with Gasteiger partial charge in [0.15, 0.2) is 0 Å². The van der Waals surface area contributed by atoms with Crippen LogP contribution in [0.1, 0.15) is 6.04 Å². The molecule has 2 saturated heterocycles. The minimum absolute atomic E-state index is 0.0679. The highest BCUT2D eigenvalue weighted by molar-refractivity contribution is 5.70. The van der Waals surface area contributed by atoms with E-state index in [1.165, 1.54) is 7.11 Å². The summed E-state index contributed by atoms with van der Waals surface area (Å²) in [5.74, 6) is -0.415. The summed E-state index contributed by atoms with van der Waals surface area (Å²) in [4.78, 5) is 11.2. The van der Waals surface area contributed by atoms with Crippen LogP contribution in [0.3, 0.4) is 0 Å². The third kappa shape index (κ3) is 3.15. The van der Waals surface area contributed by atoms with Gasteiger partial charge in [-0.3, -0.25) is 0 Å². The Morgan fingerprint density at radius 3 is 2.84 bits per heavy atom. The van der Waals surface area contributed by atoms with Crippen molar-refractivity contribution in [3.8, 4) is 11.3 Å². The smallest absolute Gasteiger partial charge is 0.331 e. The molecule has 132 valence electrons. The van der Waals surface area contributed by atoms with E-state index in [-0.39, 0.29) is 31.0 Å². The van der Waals surface area contributed by atoms with Crippen LogP contribution in [0.15, 0.2) is 36.5 Å². The number of fused-ring (bicyclic) bond motifs is 1. The zero-order chi connectivity index (χ0) is 17.2. The van der Waals surface area contributed by atoms with Gasteiger partial charge in [0.25, 0.3) is 0 Å². The number of esters is 1. The number of benzene rings is 1. The summed E-state index contributed by atoms with van der Waals surface area (Å²) < 4.78 is 23.6. The molecule has 25 heavy (non-hydrogen) atoms. The summed E-state index contributed by atoms with van der Waals surface area (Å²) in [5.41, 5.74) is 1.82. The molecule has 0 radical (unpaired) electrons. The number of nitrogens with zero attached hydrogens (tertiary/aromatic N) is 3. The van der Waals surface area contributed by atoms with Gasteiger partial charge in [-0.05, 0) is 0 Å². The molecule has 0 saturated carbocycles. The normalized spacial score (nSPS) is 28.0. The van der Waals surface area contributed by atoms with E-state index in [0.29, 0.717) is 13.2 Å². The summed E-state index contributed by atoms with van der Waals surface area (Å²) in [7, 11) is 1.33. The maximum Gasteiger partial charge on any atom is 0.331 e. The second kappa shape index (κ2) is 6.91. The molecule has 8 heteroatoms. The van der Waals surface area contributed by atoms with Crippen LogP contribution in [0.25, 0.3) is 11.3 Å². The van der Waals surface area contributed by atoms with Crippen LogP contribution in [0, 0.1) is 0 Å². The van der Waals surface area contributed by atoms with E-state index < -0.39 is 5.97 Å². The Labute approximate surface area is 144 Å². The van der Waals surface area contributed by atoms with Crippen LogP contribution in [0.2, 0.25) is 0 Å². The maximum atomic E-state index is 11.2. The van der Waals surface area contributed by atoms with Crippen molar-refractivity contribution in [2.24, 2.45) is 0 Å². The molecule has 0 unspecified atom stereocenters. The van der Waals surface area contributed by atoms with Crippen LogP contribution < -0.4 is 0 Å². The molecule has 2 aromatic rings. The number of methoxy groups -OCH3 is 1. The minimum Gasteiger partial charge on any atom is -0.467 e. The van der Waals surface area contributed by atoms with Crippen LogP contribution >= 0.6 is 0 Å². The molecule has 0 amide bonds. The number of aromatic nitrogens is 3. The number of hydrogen-bond donors (Lipinski definition) is 0. The molecule has 3 heterocycles. The van der Waals surface area contributed by atoms with Gasteiger partial charge in [0, 0.05) is 5.56 Å². The lowest BCUT2D eigenvalue weighted by Gasteiger charge is -2.16. The molecular weight excluding hydrogens is 326 g/mol. The van der Waals surface area contributed by atoms with Crippen LogP contribution in [0.5, 0.6) is 0 Å². The summed E-state index contributed by atoms with van der Waals surface area (Å²) in [6.45, 7) is 0.733. The third-order valence-corrected chi connectivity index (χ3v) is 4.54. The van der Waals surface area contributed by atoms with Gasteiger partial charge in [-0.25, -0.2) is 9.48 Å². The van der Waals surface area contributed by atoms with Crippen molar-refractivity contribution < 1.29 is 23.7 Å². The Morgan fingerprint density at radius 2 is 2.04 bits per heavy atom. The average molecular weight is 345 g/mol. The summed E-state index contributed by atoms with van der Waals surface area (Å²) >= 11 is 0. The first-order chi connectivity index (χ1) is 12.3. The molecule has 8 nitrogen and oxygen atoms in total. The lowest BCUT2D eigenvalue weighted by atomic mass is 10.1. The highest BCUT2D eigenvalue weighted by Gasteiger charge is 2.49. The SMILES string of the molecule is COC(=O)CO[C@H]1CO[C@@H]2[C@@H]1OC[C@@H]2n1cc(-c2ccccc2)nn1. The van der Waals surface area contributed by atoms with E-state index >= 15 is 0 Å². The fourth-order valence-corrected chi connectivity index (χ4v) is 3.23. The fraction of sp³-hybridized carbons (Fsp3) is 0.471. The third-order valence-electron chi connectivity index (χ3n) is 4.54. The van der Waals surface area contributed by atoms with Crippen molar-refractivity contribution in [2.75, 3.05) is 26.9 Å². The van der Waals surface area contributed by atoms with Gasteiger partial charge in [-0.1, -0.05) is 35.5 Å². The second-order valence-corrected chi connectivity index (χ2v) is 6.04. The number of rotatable bonds is 5. The summed E-state index contributed by atoms with van der Waals surface area (Å²) in [6, 6.07) is 9.81. The van der Waals surface area contributed by atoms with E-state index in [2.05, 4.69) is 15.0 Å². The molecule has 1 aromatic carbocycles. The molecule has 0 N–H and O–H groups in total. The molecule has 0 spiro atoms. The predicted octanol–water partition coefficient (Wildman–Crippen LogP) is 0.842. The lowest BCUT2D eigenvalue weighted by molar-refractivity contribution is -0.150. The molecular formula is C17H19N3O5. The van der Waals surface area contributed by atoms with Crippen LogP contribution in [-0.4, -0.2) is 66.2 Å². The van der Waals surface area contributed by atoms with E-state index in [9.17, 15) is 4.79 Å². The van der Waals surface area contributed by atoms with Crippen molar-refractivity contribution in [2.45, 2.75) is 24.4 Å². The van der Waals surface area contributed by atoms with Crippen LogP contribution in [0.4, 0.5) is 0 Å². The van der Waals surface area contributed by atoms with Crippen molar-refractivity contribution >= 4 is 5.97 Å². The van der Waals surface area contributed by atoms with Gasteiger partial charge in [-0.2, -0.15) is 0 Å². The average Bonchev–Trinajstić information content (AvgIpc) is 3.36. The van der Waals surface area contributed by atoms with Gasteiger partial charge in [0.2, 0.25) is 0 Å². The van der Waals surface area contributed by atoms with Gasteiger partial charge >= 0.3 is 5.97 Å². The standard InChI is InChI=1S/C17H19N3O5/c1-22-15(21)10-23-14-9-25-16-13(8-24-17(14)16)20-7-12(18-19-20)11-5-3-2-4-6-11/h2-7,13-14,16-17H,8-10H2,1H3/t13-,14-,16-,17+/m0/s1. The highest BCUT2D eigenvalue weighted by Crippen LogP contribution is 2.35. The summed E-state index contributed by atoms with van der Waals surface area (Å²) in [5, 5.41) is 8.48. The first-order valence-electron chi connectivity index (χ1n) is 8.15. The van der Waals surface area contributed by atoms with E-state index in [4.69, 9.17) is 14.2 Å². The first-order valence-corrected chi connectivity index (χ1v) is 8.15. The van der Waals surface area contributed by atoms with Gasteiger partial charge in [0.05, 0.1) is 26.5 Å². The molecule has 4 rings (SSSR count). The second-order valence-electron chi connectivity index (χ2n) is 6.04. The quantitative estimate of drug-likeness (QED) is 0.743. The largest absolute Gasteiger partial charge is 0.467 e. The lowest BCUT2D eigenvalue weighted by Crippen LogP contribution is -2.33. The molecule has 4 atom stereocenters. The molecule has 0 bridgehead atoms. The molecule has 2 aliphatic rings. The Balaban J connectivity index is 1.44.